The van der Waals surface area contributed by atoms with Crippen LogP contribution in [0.2, 0.25) is 0 Å². The summed E-state index contributed by atoms with van der Waals surface area (Å²) in [6.45, 7) is 5.69. The average molecular weight is 326 g/mol. The van der Waals surface area contributed by atoms with Gasteiger partial charge >= 0.3 is 0 Å². The van der Waals surface area contributed by atoms with Crippen molar-refractivity contribution in [2.24, 2.45) is 0 Å². The Morgan fingerprint density at radius 3 is 1.70 bits per heavy atom. The first-order valence-electron chi connectivity index (χ1n) is 8.12. The second-order valence-electron chi connectivity index (χ2n) is 5.38. The summed E-state index contributed by atoms with van der Waals surface area (Å²) in [6, 6.07) is 0. The highest BCUT2D eigenvalue weighted by atomic mass is 35.5. The minimum Gasteiger partial charge on any atom is -0.212 e. The maximum Gasteiger partial charge on any atom is 0.214 e. The van der Waals surface area contributed by atoms with Crippen molar-refractivity contribution in [1.29, 1.82) is 0 Å². The molecular weight excluding hydrogens is 294 g/mol. The van der Waals surface area contributed by atoms with Gasteiger partial charge in [0.2, 0.25) is 10.0 Å². The fraction of sp³-hybridized carbons (Fsp3) is 1.00. The number of unbranched alkanes of at least 4 members (excludes halogenated alkanes) is 6. The molecule has 122 valence electrons. The largest absolute Gasteiger partial charge is 0.214 e. The molecule has 3 nitrogen and oxygen atoms in total. The lowest BCUT2D eigenvalue weighted by molar-refractivity contribution is 0.385. The van der Waals surface area contributed by atoms with Crippen LogP contribution in [-0.4, -0.2) is 37.4 Å². The zero-order valence-electron chi connectivity index (χ0n) is 13.2. The molecular formula is C15H32ClNO2S. The van der Waals surface area contributed by atoms with Crippen LogP contribution in [0.4, 0.5) is 0 Å². The molecule has 0 bridgehead atoms. The highest BCUT2D eigenvalue weighted by Gasteiger charge is 2.20. The van der Waals surface area contributed by atoms with Crippen molar-refractivity contribution in [2.75, 3.05) is 24.7 Å². The van der Waals surface area contributed by atoms with Crippen molar-refractivity contribution in [3.05, 3.63) is 0 Å². The Morgan fingerprint density at radius 2 is 1.30 bits per heavy atom. The summed E-state index contributed by atoms with van der Waals surface area (Å²) in [5.41, 5.74) is 0. The predicted octanol–water partition coefficient (Wildman–Crippen LogP) is 4.41. The smallest absolute Gasteiger partial charge is 0.212 e. The van der Waals surface area contributed by atoms with Crippen molar-refractivity contribution in [3.8, 4) is 0 Å². The van der Waals surface area contributed by atoms with E-state index in [1.807, 2.05) is 0 Å². The van der Waals surface area contributed by atoms with Gasteiger partial charge in [0.15, 0.2) is 0 Å². The van der Waals surface area contributed by atoms with Gasteiger partial charge in [-0.1, -0.05) is 52.4 Å². The van der Waals surface area contributed by atoms with Gasteiger partial charge in [-0.05, 0) is 19.3 Å². The van der Waals surface area contributed by atoms with Crippen LogP contribution >= 0.6 is 11.6 Å². The molecule has 0 aliphatic rings. The molecule has 0 N–H and O–H groups in total. The number of alkyl halides is 1. The monoisotopic (exact) mass is 325 g/mol. The van der Waals surface area contributed by atoms with E-state index in [-0.39, 0.29) is 5.75 Å². The lowest BCUT2D eigenvalue weighted by Gasteiger charge is -2.22. The van der Waals surface area contributed by atoms with Crippen LogP contribution in [0.5, 0.6) is 0 Å². The third kappa shape index (κ3) is 10.0. The molecule has 0 aromatic rings. The summed E-state index contributed by atoms with van der Waals surface area (Å²) >= 11 is 5.62. The van der Waals surface area contributed by atoms with Crippen molar-refractivity contribution < 1.29 is 8.42 Å². The second kappa shape index (κ2) is 12.9. The van der Waals surface area contributed by atoms with Gasteiger partial charge < -0.3 is 0 Å². The van der Waals surface area contributed by atoms with Gasteiger partial charge in [0, 0.05) is 19.0 Å². The van der Waals surface area contributed by atoms with Crippen LogP contribution in [0.15, 0.2) is 0 Å². The Labute approximate surface area is 131 Å². The lowest BCUT2D eigenvalue weighted by Crippen LogP contribution is -2.35. The molecule has 0 fully saturated rings. The Bertz CT molecular complexity index is 295. The Hall–Kier alpha value is 0.200. The zero-order chi connectivity index (χ0) is 15.3. The van der Waals surface area contributed by atoms with E-state index < -0.39 is 10.0 Å². The second-order valence-corrected chi connectivity index (χ2v) is 7.85. The predicted molar refractivity (Wildman–Crippen MR) is 89.0 cm³/mol. The summed E-state index contributed by atoms with van der Waals surface area (Å²) < 4.78 is 26.3. The SMILES string of the molecule is CCCCCCN(CCCCCC)S(=O)(=O)CCCCl. The van der Waals surface area contributed by atoms with Gasteiger partial charge in [-0.25, -0.2) is 12.7 Å². The van der Waals surface area contributed by atoms with Gasteiger partial charge in [-0.3, -0.25) is 0 Å². The molecule has 0 radical (unpaired) electrons. The van der Waals surface area contributed by atoms with Crippen molar-refractivity contribution >= 4 is 21.6 Å². The van der Waals surface area contributed by atoms with Gasteiger partial charge in [0.1, 0.15) is 0 Å². The number of rotatable bonds is 14. The molecule has 0 rings (SSSR count). The number of sulfonamides is 1. The number of halogens is 1. The molecule has 0 amide bonds. The molecule has 0 aliphatic carbocycles. The fourth-order valence-electron chi connectivity index (χ4n) is 2.19. The Kier molecular flexibility index (Phi) is 13.0. The molecule has 0 aromatic heterocycles. The fourth-order valence-corrected chi connectivity index (χ4v) is 4.06. The molecule has 20 heavy (non-hydrogen) atoms. The van der Waals surface area contributed by atoms with E-state index in [0.717, 1.165) is 25.7 Å². The van der Waals surface area contributed by atoms with E-state index >= 15 is 0 Å². The van der Waals surface area contributed by atoms with Gasteiger partial charge in [0.05, 0.1) is 5.75 Å². The summed E-state index contributed by atoms with van der Waals surface area (Å²) in [5, 5.41) is 0. The topological polar surface area (TPSA) is 37.4 Å². The quantitative estimate of drug-likeness (QED) is 0.350. The van der Waals surface area contributed by atoms with E-state index in [0.29, 0.717) is 25.4 Å². The minimum atomic E-state index is -3.11. The number of nitrogens with zero attached hydrogens (tertiary/aromatic N) is 1. The molecule has 0 aliphatic heterocycles. The van der Waals surface area contributed by atoms with Gasteiger partial charge in [-0.2, -0.15) is 0 Å². The molecule has 0 spiro atoms. The van der Waals surface area contributed by atoms with E-state index in [1.165, 1.54) is 25.7 Å². The van der Waals surface area contributed by atoms with Crippen LogP contribution in [0.25, 0.3) is 0 Å². The summed E-state index contributed by atoms with van der Waals surface area (Å²) in [5.74, 6) is 0.608. The van der Waals surface area contributed by atoms with E-state index in [2.05, 4.69) is 13.8 Å². The molecule has 0 heterocycles. The normalized spacial score (nSPS) is 12.2. The summed E-state index contributed by atoms with van der Waals surface area (Å²) in [4.78, 5) is 0. The van der Waals surface area contributed by atoms with Crippen molar-refractivity contribution in [2.45, 2.75) is 71.6 Å². The maximum atomic E-state index is 12.3. The number of hydrogen-bond donors (Lipinski definition) is 0. The molecule has 0 unspecified atom stereocenters. The highest BCUT2D eigenvalue weighted by molar-refractivity contribution is 7.89. The standard InChI is InChI=1S/C15H32ClNO2S/c1-3-5-7-9-13-17(14-10-8-6-4-2)20(18,19)15-11-12-16/h3-15H2,1-2H3. The first-order chi connectivity index (χ1) is 9.58. The van der Waals surface area contributed by atoms with Crippen molar-refractivity contribution in [1.82, 2.24) is 4.31 Å². The van der Waals surface area contributed by atoms with E-state index in [1.54, 1.807) is 4.31 Å². The third-order valence-electron chi connectivity index (χ3n) is 3.45. The number of hydrogen-bond acceptors (Lipinski definition) is 2. The van der Waals surface area contributed by atoms with Crippen molar-refractivity contribution in [3.63, 3.8) is 0 Å². The molecule has 0 saturated carbocycles. The van der Waals surface area contributed by atoms with Crippen LogP contribution in [-0.2, 0) is 10.0 Å². The van der Waals surface area contributed by atoms with Crippen LogP contribution in [0.3, 0.4) is 0 Å². The maximum absolute atomic E-state index is 12.3. The average Bonchev–Trinajstić information content (AvgIpc) is 2.43. The van der Waals surface area contributed by atoms with Gasteiger partial charge in [0.25, 0.3) is 0 Å². The third-order valence-corrected chi connectivity index (χ3v) is 5.68. The molecule has 0 atom stereocenters. The minimum absolute atomic E-state index is 0.193. The molecule has 0 saturated heterocycles. The van der Waals surface area contributed by atoms with E-state index in [9.17, 15) is 8.42 Å². The molecule has 0 aromatic carbocycles. The Morgan fingerprint density at radius 1 is 0.800 bits per heavy atom. The van der Waals surface area contributed by atoms with Crippen LogP contribution in [0.1, 0.15) is 71.6 Å². The Balaban J connectivity index is 4.28. The first kappa shape index (κ1) is 20.2. The summed E-state index contributed by atoms with van der Waals surface area (Å²) in [7, 11) is -3.11. The first-order valence-corrected chi connectivity index (χ1v) is 10.3. The lowest BCUT2D eigenvalue weighted by atomic mass is 10.2. The van der Waals surface area contributed by atoms with Gasteiger partial charge in [-0.15, -0.1) is 11.6 Å². The van der Waals surface area contributed by atoms with Crippen LogP contribution in [0, 0.1) is 0 Å². The van der Waals surface area contributed by atoms with Crippen LogP contribution < -0.4 is 0 Å². The summed E-state index contributed by atoms with van der Waals surface area (Å²) in [6.07, 6.45) is 9.45. The highest BCUT2D eigenvalue weighted by Crippen LogP contribution is 2.11. The van der Waals surface area contributed by atoms with E-state index in [4.69, 9.17) is 11.6 Å². The zero-order valence-corrected chi connectivity index (χ0v) is 14.8. The molecule has 5 heteroatoms.